The minimum absolute atomic E-state index is 0.247. The van der Waals surface area contributed by atoms with E-state index in [0.717, 1.165) is 11.3 Å². The van der Waals surface area contributed by atoms with E-state index in [1.165, 1.54) is 0 Å². The summed E-state index contributed by atoms with van der Waals surface area (Å²) in [6, 6.07) is 14.2. The predicted molar refractivity (Wildman–Crippen MR) is 95.9 cm³/mol. The fourth-order valence-corrected chi connectivity index (χ4v) is 3.94. The molecule has 0 aromatic heterocycles. The minimum atomic E-state index is -3.63. The van der Waals surface area contributed by atoms with Gasteiger partial charge in [0.15, 0.2) is 0 Å². The van der Waals surface area contributed by atoms with Crippen molar-refractivity contribution in [2.75, 3.05) is 22.7 Å². The van der Waals surface area contributed by atoms with E-state index in [-0.39, 0.29) is 11.0 Å². The van der Waals surface area contributed by atoms with Gasteiger partial charge in [-0.15, -0.1) is 0 Å². The van der Waals surface area contributed by atoms with Gasteiger partial charge in [-0.05, 0) is 44.0 Å². The number of nitrogens with one attached hydrogen (secondary N) is 1. The normalized spacial score (nSPS) is 16.2. The van der Waals surface area contributed by atoms with Gasteiger partial charge in [-0.25, -0.2) is 8.42 Å². The van der Waals surface area contributed by atoms with Gasteiger partial charge in [0.1, 0.15) is 0 Å². The van der Waals surface area contributed by atoms with E-state index in [2.05, 4.69) is 9.62 Å². The van der Waals surface area contributed by atoms with E-state index >= 15 is 0 Å². The number of rotatable bonds is 4. The van der Waals surface area contributed by atoms with Crippen molar-refractivity contribution < 1.29 is 13.5 Å². The molecule has 0 aliphatic carbocycles. The minimum Gasteiger partial charge on any atom is -0.393 e. The zero-order valence-electron chi connectivity index (χ0n) is 13.6. The Balaban J connectivity index is 1.86. The summed E-state index contributed by atoms with van der Waals surface area (Å²) in [5.41, 5.74) is 2.43. The first-order chi connectivity index (χ1) is 11.5. The molecule has 1 heterocycles. The van der Waals surface area contributed by atoms with Crippen LogP contribution in [0.4, 0.5) is 11.4 Å². The van der Waals surface area contributed by atoms with Gasteiger partial charge in [-0.1, -0.05) is 29.8 Å². The summed E-state index contributed by atoms with van der Waals surface area (Å²) in [5, 5.41) is 9.66. The van der Waals surface area contributed by atoms with E-state index < -0.39 is 10.0 Å². The summed E-state index contributed by atoms with van der Waals surface area (Å²) in [6.45, 7) is 3.35. The zero-order valence-corrected chi connectivity index (χ0v) is 14.5. The molecule has 128 valence electrons. The molecular weight excluding hydrogens is 324 g/mol. The van der Waals surface area contributed by atoms with Crippen LogP contribution in [0.1, 0.15) is 18.4 Å². The molecule has 2 N–H and O–H groups in total. The molecule has 1 aliphatic rings. The maximum Gasteiger partial charge on any atom is 0.261 e. The van der Waals surface area contributed by atoms with Crippen LogP contribution in [0.15, 0.2) is 53.4 Å². The standard InChI is InChI=1S/C18H22N2O3S/c1-14-6-8-16(9-7-14)24(22,23)19-17-4-2-3-5-18(17)20-12-10-15(21)11-13-20/h2-9,15,19,21H,10-13H2,1H3. The molecule has 0 spiro atoms. The maximum atomic E-state index is 12.6. The first-order valence-corrected chi connectivity index (χ1v) is 9.55. The highest BCUT2D eigenvalue weighted by atomic mass is 32.2. The van der Waals surface area contributed by atoms with Crippen LogP contribution in [-0.4, -0.2) is 32.7 Å². The third kappa shape index (κ3) is 3.71. The number of nitrogens with zero attached hydrogens (tertiary/aromatic N) is 1. The second-order valence-electron chi connectivity index (χ2n) is 6.15. The Morgan fingerprint density at radius 2 is 1.67 bits per heavy atom. The van der Waals surface area contributed by atoms with Crippen molar-refractivity contribution in [3.63, 3.8) is 0 Å². The summed E-state index contributed by atoms with van der Waals surface area (Å²) in [6.07, 6.45) is 1.12. The molecule has 0 bridgehead atoms. The van der Waals surface area contributed by atoms with Crippen molar-refractivity contribution in [1.82, 2.24) is 0 Å². The van der Waals surface area contributed by atoms with E-state index in [1.807, 2.05) is 25.1 Å². The van der Waals surface area contributed by atoms with Crippen LogP contribution in [0.5, 0.6) is 0 Å². The highest BCUT2D eigenvalue weighted by Gasteiger charge is 2.21. The zero-order chi connectivity index (χ0) is 17.2. The van der Waals surface area contributed by atoms with Gasteiger partial charge in [0.2, 0.25) is 0 Å². The Bertz CT molecular complexity index is 795. The second-order valence-corrected chi connectivity index (χ2v) is 7.84. The molecule has 3 rings (SSSR count). The van der Waals surface area contributed by atoms with Gasteiger partial charge in [-0.2, -0.15) is 0 Å². The molecule has 1 saturated heterocycles. The van der Waals surface area contributed by atoms with Crippen LogP contribution >= 0.6 is 0 Å². The highest BCUT2D eigenvalue weighted by Crippen LogP contribution is 2.30. The molecule has 24 heavy (non-hydrogen) atoms. The van der Waals surface area contributed by atoms with Crippen molar-refractivity contribution in [2.24, 2.45) is 0 Å². The summed E-state index contributed by atoms with van der Waals surface area (Å²) in [4.78, 5) is 2.36. The Hall–Kier alpha value is -2.05. The van der Waals surface area contributed by atoms with E-state index in [4.69, 9.17) is 0 Å². The number of anilines is 2. The van der Waals surface area contributed by atoms with Crippen molar-refractivity contribution in [3.05, 3.63) is 54.1 Å². The van der Waals surface area contributed by atoms with E-state index in [9.17, 15) is 13.5 Å². The molecular formula is C18H22N2O3S. The van der Waals surface area contributed by atoms with Crippen molar-refractivity contribution in [1.29, 1.82) is 0 Å². The third-order valence-electron chi connectivity index (χ3n) is 4.28. The lowest BCUT2D eigenvalue weighted by Crippen LogP contribution is -2.36. The number of para-hydroxylation sites is 2. The Labute approximate surface area is 143 Å². The first-order valence-electron chi connectivity index (χ1n) is 8.07. The number of sulfonamides is 1. The largest absolute Gasteiger partial charge is 0.393 e. The first kappa shape index (κ1) is 16.8. The second kappa shape index (κ2) is 6.83. The van der Waals surface area contributed by atoms with Crippen molar-refractivity contribution >= 4 is 21.4 Å². The van der Waals surface area contributed by atoms with Crippen molar-refractivity contribution in [3.8, 4) is 0 Å². The Morgan fingerprint density at radius 3 is 2.33 bits per heavy atom. The third-order valence-corrected chi connectivity index (χ3v) is 5.67. The lowest BCUT2D eigenvalue weighted by molar-refractivity contribution is 0.145. The number of hydrogen-bond acceptors (Lipinski definition) is 4. The number of aliphatic hydroxyl groups is 1. The molecule has 2 aromatic rings. The average Bonchev–Trinajstić information content (AvgIpc) is 2.56. The number of hydrogen-bond donors (Lipinski definition) is 2. The van der Waals surface area contributed by atoms with Crippen LogP contribution in [0.2, 0.25) is 0 Å². The molecule has 1 aliphatic heterocycles. The van der Waals surface area contributed by atoms with E-state index in [1.54, 1.807) is 30.3 Å². The lowest BCUT2D eigenvalue weighted by atomic mass is 10.1. The number of piperidine rings is 1. The van der Waals surface area contributed by atoms with Gasteiger partial charge in [0.05, 0.1) is 22.4 Å². The number of aryl methyl sites for hydroxylation is 1. The fourth-order valence-electron chi connectivity index (χ4n) is 2.86. The molecule has 6 heteroatoms. The quantitative estimate of drug-likeness (QED) is 0.893. The van der Waals surface area contributed by atoms with E-state index in [0.29, 0.717) is 31.6 Å². The summed E-state index contributed by atoms with van der Waals surface area (Å²) in [5.74, 6) is 0. The van der Waals surface area contributed by atoms with Crippen LogP contribution < -0.4 is 9.62 Å². The van der Waals surface area contributed by atoms with Crippen LogP contribution in [0, 0.1) is 6.92 Å². The molecule has 0 unspecified atom stereocenters. The number of benzene rings is 2. The highest BCUT2D eigenvalue weighted by molar-refractivity contribution is 7.92. The monoisotopic (exact) mass is 346 g/mol. The average molecular weight is 346 g/mol. The molecule has 0 amide bonds. The fraction of sp³-hybridized carbons (Fsp3) is 0.333. The van der Waals surface area contributed by atoms with Gasteiger partial charge in [0, 0.05) is 13.1 Å². The van der Waals surface area contributed by atoms with Gasteiger partial charge in [-0.3, -0.25) is 4.72 Å². The summed E-state index contributed by atoms with van der Waals surface area (Å²) >= 11 is 0. The topological polar surface area (TPSA) is 69.6 Å². The van der Waals surface area contributed by atoms with Crippen LogP contribution in [-0.2, 0) is 10.0 Å². The van der Waals surface area contributed by atoms with Gasteiger partial charge < -0.3 is 10.0 Å². The van der Waals surface area contributed by atoms with Crippen LogP contribution in [0.25, 0.3) is 0 Å². The Morgan fingerprint density at radius 1 is 1.04 bits per heavy atom. The SMILES string of the molecule is Cc1ccc(S(=O)(=O)Nc2ccccc2N2CCC(O)CC2)cc1. The molecule has 5 nitrogen and oxygen atoms in total. The molecule has 0 atom stereocenters. The number of aliphatic hydroxyl groups excluding tert-OH is 1. The predicted octanol–water partition coefficient (Wildman–Crippen LogP) is 2.76. The lowest BCUT2D eigenvalue weighted by Gasteiger charge is -2.32. The Kier molecular flexibility index (Phi) is 4.78. The smallest absolute Gasteiger partial charge is 0.261 e. The summed E-state index contributed by atoms with van der Waals surface area (Å²) in [7, 11) is -3.63. The molecule has 0 saturated carbocycles. The summed E-state index contributed by atoms with van der Waals surface area (Å²) < 4.78 is 28.0. The van der Waals surface area contributed by atoms with Gasteiger partial charge >= 0.3 is 0 Å². The van der Waals surface area contributed by atoms with Gasteiger partial charge in [0.25, 0.3) is 10.0 Å². The molecule has 1 fully saturated rings. The molecule has 0 radical (unpaired) electrons. The maximum absolute atomic E-state index is 12.6. The van der Waals surface area contributed by atoms with Crippen LogP contribution in [0.3, 0.4) is 0 Å². The molecule has 2 aromatic carbocycles. The van der Waals surface area contributed by atoms with Crippen molar-refractivity contribution in [2.45, 2.75) is 30.8 Å².